The van der Waals surface area contributed by atoms with E-state index >= 15 is 0 Å². The third kappa shape index (κ3) is 2.00. The van der Waals surface area contributed by atoms with Gasteiger partial charge >= 0.3 is 5.97 Å². The molecular formula is C12H16F2N2O2. The molecule has 1 aliphatic rings. The molecule has 0 aromatic carbocycles. The van der Waals surface area contributed by atoms with Crippen LogP contribution in [0.3, 0.4) is 0 Å². The van der Waals surface area contributed by atoms with Crippen LogP contribution in [0.2, 0.25) is 0 Å². The van der Waals surface area contributed by atoms with E-state index in [-0.39, 0.29) is 12.8 Å². The number of halogens is 2. The Morgan fingerprint density at radius 2 is 1.94 bits per heavy atom. The second-order valence-electron chi connectivity index (χ2n) is 5.04. The number of aromatic nitrogens is 2. The van der Waals surface area contributed by atoms with Crippen molar-refractivity contribution in [1.82, 2.24) is 9.78 Å². The Kier molecular flexibility index (Phi) is 2.91. The van der Waals surface area contributed by atoms with Gasteiger partial charge in [-0.1, -0.05) is 0 Å². The van der Waals surface area contributed by atoms with Gasteiger partial charge in [0.1, 0.15) is 5.41 Å². The highest BCUT2D eigenvalue weighted by Gasteiger charge is 2.50. The summed E-state index contributed by atoms with van der Waals surface area (Å²) in [5, 5.41) is 13.6. The van der Waals surface area contributed by atoms with Gasteiger partial charge < -0.3 is 5.11 Å². The standard InChI is InChI=1S/C12H16F2N2O2/c1-8-7-9(15-16(8)2)11(10(17)18)3-5-12(13,14)6-4-11/h7H,3-6H2,1-2H3,(H,17,18). The van der Waals surface area contributed by atoms with E-state index in [4.69, 9.17) is 0 Å². The van der Waals surface area contributed by atoms with E-state index in [0.717, 1.165) is 5.69 Å². The smallest absolute Gasteiger partial charge is 0.315 e. The molecule has 6 heteroatoms. The van der Waals surface area contributed by atoms with Gasteiger partial charge in [-0.2, -0.15) is 5.10 Å². The lowest BCUT2D eigenvalue weighted by Crippen LogP contribution is -2.43. The highest BCUT2D eigenvalue weighted by molar-refractivity contribution is 5.81. The first-order chi connectivity index (χ1) is 8.27. The monoisotopic (exact) mass is 258 g/mol. The van der Waals surface area contributed by atoms with Crippen molar-refractivity contribution >= 4 is 5.97 Å². The first-order valence-corrected chi connectivity index (χ1v) is 5.89. The predicted molar refractivity (Wildman–Crippen MR) is 60.7 cm³/mol. The largest absolute Gasteiger partial charge is 0.481 e. The average molecular weight is 258 g/mol. The number of aryl methyl sites for hydroxylation is 2. The summed E-state index contributed by atoms with van der Waals surface area (Å²) in [5.41, 5.74) is -0.0401. The van der Waals surface area contributed by atoms with Crippen molar-refractivity contribution in [2.75, 3.05) is 0 Å². The van der Waals surface area contributed by atoms with Crippen LogP contribution in [0.5, 0.6) is 0 Å². The first-order valence-electron chi connectivity index (χ1n) is 5.89. The molecular weight excluding hydrogens is 242 g/mol. The summed E-state index contributed by atoms with van der Waals surface area (Å²) in [6.45, 7) is 1.81. The van der Waals surface area contributed by atoms with Crippen molar-refractivity contribution < 1.29 is 18.7 Å². The number of aliphatic carboxylic acids is 1. The summed E-state index contributed by atoms with van der Waals surface area (Å²) in [6, 6.07) is 1.68. The molecule has 2 rings (SSSR count). The Hall–Kier alpha value is -1.46. The van der Waals surface area contributed by atoms with Gasteiger partial charge in [-0.25, -0.2) is 8.78 Å². The van der Waals surface area contributed by atoms with Crippen molar-refractivity contribution in [2.45, 2.75) is 43.9 Å². The lowest BCUT2D eigenvalue weighted by Gasteiger charge is -2.35. The van der Waals surface area contributed by atoms with Crippen molar-refractivity contribution in [2.24, 2.45) is 7.05 Å². The Labute approximate surface area is 104 Å². The second-order valence-corrected chi connectivity index (χ2v) is 5.04. The summed E-state index contributed by atoms with van der Waals surface area (Å²) >= 11 is 0. The normalized spacial score (nSPS) is 21.8. The van der Waals surface area contributed by atoms with Crippen molar-refractivity contribution in [3.63, 3.8) is 0 Å². The van der Waals surface area contributed by atoms with E-state index in [0.29, 0.717) is 5.69 Å². The molecule has 1 aliphatic carbocycles. The minimum Gasteiger partial charge on any atom is -0.481 e. The molecule has 0 bridgehead atoms. The zero-order valence-corrected chi connectivity index (χ0v) is 10.4. The zero-order valence-electron chi connectivity index (χ0n) is 10.4. The fourth-order valence-corrected chi connectivity index (χ4v) is 2.42. The van der Waals surface area contributed by atoms with Gasteiger partial charge in [-0.15, -0.1) is 0 Å². The maximum atomic E-state index is 13.2. The van der Waals surface area contributed by atoms with E-state index in [1.807, 2.05) is 6.92 Å². The highest BCUT2D eigenvalue weighted by Crippen LogP contribution is 2.45. The van der Waals surface area contributed by atoms with Crippen LogP contribution in [0.25, 0.3) is 0 Å². The van der Waals surface area contributed by atoms with Crippen LogP contribution in [0.4, 0.5) is 8.78 Å². The van der Waals surface area contributed by atoms with Crippen molar-refractivity contribution in [1.29, 1.82) is 0 Å². The van der Waals surface area contributed by atoms with Gasteiger partial charge in [0.05, 0.1) is 5.69 Å². The Morgan fingerprint density at radius 3 is 2.33 bits per heavy atom. The summed E-state index contributed by atoms with van der Waals surface area (Å²) in [6.07, 6.45) is -0.915. The molecule has 0 radical (unpaired) electrons. The van der Waals surface area contributed by atoms with Crippen LogP contribution in [-0.2, 0) is 17.3 Å². The molecule has 100 valence electrons. The minimum absolute atomic E-state index is 0.0637. The molecule has 0 unspecified atom stereocenters. The molecule has 1 aromatic heterocycles. The molecule has 0 saturated heterocycles. The summed E-state index contributed by atoms with van der Waals surface area (Å²) in [5.74, 6) is -3.81. The van der Waals surface area contributed by atoms with Gasteiger partial charge in [0, 0.05) is 25.6 Å². The van der Waals surface area contributed by atoms with Crippen LogP contribution in [0, 0.1) is 6.92 Å². The van der Waals surface area contributed by atoms with Gasteiger partial charge in [-0.05, 0) is 25.8 Å². The molecule has 0 spiro atoms. The third-order valence-corrected chi connectivity index (χ3v) is 3.85. The van der Waals surface area contributed by atoms with Gasteiger partial charge in [-0.3, -0.25) is 9.48 Å². The van der Waals surface area contributed by atoms with E-state index in [1.54, 1.807) is 17.8 Å². The average Bonchev–Trinajstić information content (AvgIpc) is 2.59. The molecule has 0 aliphatic heterocycles. The van der Waals surface area contributed by atoms with Gasteiger partial charge in [0.15, 0.2) is 0 Å². The molecule has 1 fully saturated rings. The number of nitrogens with zero attached hydrogens (tertiary/aromatic N) is 2. The number of hydrogen-bond acceptors (Lipinski definition) is 2. The van der Waals surface area contributed by atoms with E-state index < -0.39 is 30.1 Å². The summed E-state index contributed by atoms with van der Waals surface area (Å²) < 4.78 is 28.0. The lowest BCUT2D eigenvalue weighted by molar-refractivity contribution is -0.149. The van der Waals surface area contributed by atoms with E-state index in [9.17, 15) is 18.7 Å². The Morgan fingerprint density at radius 1 is 1.39 bits per heavy atom. The maximum absolute atomic E-state index is 13.2. The quantitative estimate of drug-likeness (QED) is 0.885. The SMILES string of the molecule is Cc1cc(C2(C(=O)O)CCC(F)(F)CC2)nn1C. The first kappa shape index (κ1) is 13.0. The molecule has 1 aromatic rings. The predicted octanol–water partition coefficient (Wildman–Crippen LogP) is 2.26. The van der Waals surface area contributed by atoms with E-state index in [2.05, 4.69) is 5.10 Å². The van der Waals surface area contributed by atoms with Crippen molar-refractivity contribution in [3.05, 3.63) is 17.5 Å². The summed E-state index contributed by atoms with van der Waals surface area (Å²) in [4.78, 5) is 11.5. The number of hydrogen-bond donors (Lipinski definition) is 1. The van der Waals surface area contributed by atoms with Gasteiger partial charge in [0.25, 0.3) is 0 Å². The molecule has 4 nitrogen and oxygen atoms in total. The Bertz CT molecular complexity index is 453. The van der Waals surface area contributed by atoms with Crippen LogP contribution < -0.4 is 0 Å². The number of alkyl halides is 2. The fraction of sp³-hybridized carbons (Fsp3) is 0.667. The highest BCUT2D eigenvalue weighted by atomic mass is 19.3. The van der Waals surface area contributed by atoms with Crippen LogP contribution in [0.1, 0.15) is 37.1 Å². The second kappa shape index (κ2) is 4.03. The minimum atomic E-state index is -2.75. The number of rotatable bonds is 2. The van der Waals surface area contributed by atoms with Crippen molar-refractivity contribution in [3.8, 4) is 0 Å². The Balaban J connectivity index is 2.37. The van der Waals surface area contributed by atoms with Crippen LogP contribution >= 0.6 is 0 Å². The molecule has 1 N–H and O–H groups in total. The molecule has 1 saturated carbocycles. The maximum Gasteiger partial charge on any atom is 0.315 e. The number of carboxylic acids is 1. The van der Waals surface area contributed by atoms with Crippen LogP contribution in [0.15, 0.2) is 6.07 Å². The lowest BCUT2D eigenvalue weighted by atomic mass is 9.70. The van der Waals surface area contributed by atoms with Gasteiger partial charge in [0.2, 0.25) is 5.92 Å². The van der Waals surface area contributed by atoms with E-state index in [1.165, 1.54) is 0 Å². The molecule has 18 heavy (non-hydrogen) atoms. The number of carbonyl (C=O) groups is 1. The molecule has 0 amide bonds. The molecule has 0 atom stereocenters. The zero-order chi connectivity index (χ0) is 13.6. The van der Waals surface area contributed by atoms with Crippen LogP contribution in [-0.4, -0.2) is 26.8 Å². The number of carboxylic acid groups (broad SMARTS) is 1. The topological polar surface area (TPSA) is 55.1 Å². The fourth-order valence-electron chi connectivity index (χ4n) is 2.42. The summed E-state index contributed by atoms with van der Waals surface area (Å²) in [7, 11) is 1.71. The third-order valence-electron chi connectivity index (χ3n) is 3.85. The molecule has 1 heterocycles.